The molecule has 0 aliphatic carbocycles. The Morgan fingerprint density at radius 1 is 0.955 bits per heavy atom. The van der Waals surface area contributed by atoms with Crippen LogP contribution in [-0.2, 0) is 0 Å². The van der Waals surface area contributed by atoms with Crippen LogP contribution >= 0.6 is 23.2 Å². The maximum Gasteiger partial charge on any atom is 0.417 e. The van der Waals surface area contributed by atoms with Crippen molar-refractivity contribution in [3.63, 3.8) is 0 Å². The molecule has 0 spiro atoms. The minimum Gasteiger partial charge on any atom is -0.408 e. The number of hydrogen-bond donors (Lipinski definition) is 1. The van der Waals surface area contributed by atoms with Crippen molar-refractivity contribution in [3.8, 4) is 5.75 Å². The Hall–Kier alpha value is -1.71. The fraction of sp³-hybridized carbons (Fsp3) is 0.235. The first kappa shape index (κ1) is 16.7. The van der Waals surface area contributed by atoms with E-state index in [1.54, 1.807) is 13.0 Å². The Bertz CT molecular complexity index is 742. The van der Waals surface area contributed by atoms with E-state index in [-0.39, 0.29) is 0 Å². The van der Waals surface area contributed by atoms with Crippen LogP contribution in [0.1, 0.15) is 22.3 Å². The third-order valence-corrected chi connectivity index (χ3v) is 4.58. The van der Waals surface area contributed by atoms with Crippen LogP contribution in [0.4, 0.5) is 10.5 Å². The van der Waals surface area contributed by atoms with Gasteiger partial charge in [0.05, 0.1) is 5.02 Å². The highest BCUT2D eigenvalue weighted by atomic mass is 35.5. The van der Waals surface area contributed by atoms with E-state index in [1.807, 2.05) is 39.0 Å². The zero-order valence-electron chi connectivity index (χ0n) is 12.9. The molecule has 0 bridgehead atoms. The van der Waals surface area contributed by atoms with E-state index >= 15 is 0 Å². The molecule has 0 fully saturated rings. The molecule has 0 heterocycles. The van der Waals surface area contributed by atoms with Gasteiger partial charge in [-0.3, -0.25) is 5.32 Å². The summed E-state index contributed by atoms with van der Waals surface area (Å²) in [7, 11) is 0. The minimum atomic E-state index is -0.591. The average molecular weight is 338 g/mol. The number of carbonyl (C=O) groups is 1. The summed E-state index contributed by atoms with van der Waals surface area (Å²) in [6, 6.07) is 7.30. The molecule has 0 atom stereocenters. The van der Waals surface area contributed by atoms with Crippen molar-refractivity contribution >= 4 is 35.0 Å². The summed E-state index contributed by atoms with van der Waals surface area (Å²) in [6.45, 7) is 7.61. The van der Waals surface area contributed by atoms with Gasteiger partial charge in [-0.25, -0.2) is 4.79 Å². The van der Waals surface area contributed by atoms with Gasteiger partial charge in [0.25, 0.3) is 0 Å². The SMILES string of the molecule is Cc1ccc(NC(=O)Oc2cc(C)c(Cl)c(C)c2Cl)cc1C. The lowest BCUT2D eigenvalue weighted by molar-refractivity contribution is 0.215. The van der Waals surface area contributed by atoms with Gasteiger partial charge in [-0.2, -0.15) is 0 Å². The first-order valence-electron chi connectivity index (χ1n) is 6.81. The summed E-state index contributed by atoms with van der Waals surface area (Å²) < 4.78 is 5.30. The second kappa shape index (κ2) is 6.59. The van der Waals surface area contributed by atoms with Gasteiger partial charge in [0.1, 0.15) is 0 Å². The number of ether oxygens (including phenoxy) is 1. The van der Waals surface area contributed by atoms with Crippen LogP contribution in [-0.4, -0.2) is 6.09 Å². The van der Waals surface area contributed by atoms with E-state index in [0.29, 0.717) is 27.0 Å². The largest absolute Gasteiger partial charge is 0.417 e. The number of halogens is 2. The second-order valence-electron chi connectivity index (χ2n) is 5.26. The molecule has 22 heavy (non-hydrogen) atoms. The highest BCUT2D eigenvalue weighted by Gasteiger charge is 2.14. The maximum absolute atomic E-state index is 12.0. The van der Waals surface area contributed by atoms with Gasteiger partial charge >= 0.3 is 6.09 Å². The average Bonchev–Trinajstić information content (AvgIpc) is 2.46. The zero-order valence-corrected chi connectivity index (χ0v) is 14.4. The van der Waals surface area contributed by atoms with Crippen LogP contribution < -0.4 is 10.1 Å². The van der Waals surface area contributed by atoms with Crippen molar-refractivity contribution in [2.24, 2.45) is 0 Å². The summed E-state index contributed by atoms with van der Waals surface area (Å²) in [5.41, 5.74) is 4.42. The lowest BCUT2D eigenvalue weighted by Crippen LogP contribution is -2.17. The van der Waals surface area contributed by atoms with E-state index in [0.717, 1.165) is 16.7 Å². The summed E-state index contributed by atoms with van der Waals surface area (Å²) in [5, 5.41) is 3.60. The normalized spacial score (nSPS) is 10.5. The van der Waals surface area contributed by atoms with Crippen molar-refractivity contribution < 1.29 is 9.53 Å². The van der Waals surface area contributed by atoms with Crippen LogP contribution in [0.5, 0.6) is 5.75 Å². The van der Waals surface area contributed by atoms with Gasteiger partial charge in [-0.05, 0) is 68.1 Å². The highest BCUT2D eigenvalue weighted by Crippen LogP contribution is 2.35. The molecule has 0 unspecified atom stereocenters. The van der Waals surface area contributed by atoms with E-state index in [2.05, 4.69) is 5.32 Å². The van der Waals surface area contributed by atoms with Gasteiger partial charge in [0, 0.05) is 10.7 Å². The summed E-state index contributed by atoms with van der Waals surface area (Å²) in [5.74, 6) is 0.294. The Labute approximate surface area is 140 Å². The molecule has 0 saturated heterocycles. The summed E-state index contributed by atoms with van der Waals surface area (Å²) in [6.07, 6.45) is -0.591. The molecule has 116 valence electrons. The van der Waals surface area contributed by atoms with Crippen molar-refractivity contribution in [1.82, 2.24) is 0 Å². The Morgan fingerprint density at radius 2 is 1.64 bits per heavy atom. The number of amides is 1. The predicted molar refractivity (Wildman–Crippen MR) is 91.5 cm³/mol. The Balaban J connectivity index is 2.17. The van der Waals surface area contributed by atoms with Gasteiger partial charge in [-0.1, -0.05) is 29.3 Å². The van der Waals surface area contributed by atoms with Crippen LogP contribution in [0.2, 0.25) is 10.0 Å². The number of hydrogen-bond acceptors (Lipinski definition) is 2. The zero-order chi connectivity index (χ0) is 16.4. The van der Waals surface area contributed by atoms with Crippen molar-refractivity contribution in [3.05, 3.63) is 56.6 Å². The molecule has 2 rings (SSSR count). The van der Waals surface area contributed by atoms with Gasteiger partial charge < -0.3 is 4.74 Å². The molecule has 1 amide bonds. The standard InChI is InChI=1S/C17H17Cl2NO2/c1-9-5-6-13(7-10(9)2)20-17(21)22-14-8-11(3)15(18)12(4)16(14)19/h5-8H,1-4H3,(H,20,21). The molecule has 0 aliphatic heterocycles. The van der Waals surface area contributed by atoms with Crippen LogP contribution in [0, 0.1) is 27.7 Å². The number of benzene rings is 2. The second-order valence-corrected chi connectivity index (χ2v) is 6.01. The lowest BCUT2D eigenvalue weighted by atomic mass is 10.1. The third-order valence-electron chi connectivity index (χ3n) is 3.52. The van der Waals surface area contributed by atoms with E-state index in [9.17, 15) is 4.79 Å². The molecule has 2 aromatic rings. The monoisotopic (exact) mass is 337 g/mol. The number of anilines is 1. The molecular weight excluding hydrogens is 321 g/mol. The molecule has 3 nitrogen and oxygen atoms in total. The molecular formula is C17H17Cl2NO2. The lowest BCUT2D eigenvalue weighted by Gasteiger charge is -2.12. The highest BCUT2D eigenvalue weighted by molar-refractivity contribution is 6.37. The topological polar surface area (TPSA) is 38.3 Å². The minimum absolute atomic E-state index is 0.294. The van der Waals surface area contributed by atoms with Crippen molar-refractivity contribution in [2.75, 3.05) is 5.32 Å². The van der Waals surface area contributed by atoms with Gasteiger partial charge in [-0.15, -0.1) is 0 Å². The molecule has 0 saturated carbocycles. The van der Waals surface area contributed by atoms with Crippen LogP contribution in [0.15, 0.2) is 24.3 Å². The van der Waals surface area contributed by atoms with Crippen LogP contribution in [0.3, 0.4) is 0 Å². The molecule has 5 heteroatoms. The number of nitrogens with one attached hydrogen (secondary N) is 1. The van der Waals surface area contributed by atoms with E-state index in [4.69, 9.17) is 27.9 Å². The molecule has 2 aromatic carbocycles. The fourth-order valence-corrected chi connectivity index (χ4v) is 2.42. The Kier molecular flexibility index (Phi) is 4.99. The maximum atomic E-state index is 12.0. The van der Waals surface area contributed by atoms with Gasteiger partial charge in [0.15, 0.2) is 5.75 Å². The Morgan fingerprint density at radius 3 is 2.27 bits per heavy atom. The quantitative estimate of drug-likeness (QED) is 0.747. The summed E-state index contributed by atoms with van der Waals surface area (Å²) in [4.78, 5) is 12.0. The number of aryl methyl sites for hydroxylation is 3. The first-order valence-corrected chi connectivity index (χ1v) is 7.56. The van der Waals surface area contributed by atoms with Crippen LogP contribution in [0.25, 0.3) is 0 Å². The molecule has 0 radical (unpaired) electrons. The summed E-state index contributed by atoms with van der Waals surface area (Å²) >= 11 is 12.3. The first-order chi connectivity index (χ1) is 10.3. The molecule has 0 aliphatic rings. The fourth-order valence-electron chi connectivity index (χ4n) is 2.04. The smallest absolute Gasteiger partial charge is 0.408 e. The third kappa shape index (κ3) is 3.54. The van der Waals surface area contributed by atoms with E-state index < -0.39 is 6.09 Å². The molecule has 0 aromatic heterocycles. The predicted octanol–water partition coefficient (Wildman–Crippen LogP) is 5.84. The number of carbonyl (C=O) groups excluding carboxylic acids is 1. The van der Waals surface area contributed by atoms with Crippen molar-refractivity contribution in [2.45, 2.75) is 27.7 Å². The van der Waals surface area contributed by atoms with E-state index in [1.165, 1.54) is 0 Å². The van der Waals surface area contributed by atoms with Crippen molar-refractivity contribution in [1.29, 1.82) is 0 Å². The van der Waals surface area contributed by atoms with Gasteiger partial charge in [0.2, 0.25) is 0 Å². The molecule has 1 N–H and O–H groups in total. The number of rotatable bonds is 2.